The van der Waals surface area contributed by atoms with Gasteiger partial charge in [0.1, 0.15) is 43.2 Å². The molecule has 3 aromatic rings. The van der Waals surface area contributed by atoms with Crippen LogP contribution in [-0.4, -0.2) is 89.9 Å². The van der Waals surface area contributed by atoms with E-state index in [4.69, 9.17) is 29.0 Å². The number of nitrogens with zero attached hydrogens (tertiary/aromatic N) is 5. The third-order valence-corrected chi connectivity index (χ3v) is 10.8. The number of nitriles is 1. The fourth-order valence-electron chi connectivity index (χ4n) is 6.39. The lowest BCUT2D eigenvalue weighted by atomic mass is 9.92. The van der Waals surface area contributed by atoms with Crippen LogP contribution < -0.4 is 4.74 Å². The van der Waals surface area contributed by atoms with Gasteiger partial charge in [-0.2, -0.15) is 5.26 Å². The van der Waals surface area contributed by atoms with Gasteiger partial charge in [0.2, 0.25) is 5.91 Å². The van der Waals surface area contributed by atoms with E-state index in [1.807, 2.05) is 18.2 Å². The Morgan fingerprint density at radius 1 is 1.17 bits per heavy atom. The van der Waals surface area contributed by atoms with Crippen LogP contribution in [-0.2, 0) is 25.7 Å². The van der Waals surface area contributed by atoms with Crippen LogP contribution in [0.2, 0.25) is 25.7 Å². The lowest BCUT2D eigenvalue weighted by molar-refractivity contribution is -0.159. The van der Waals surface area contributed by atoms with Gasteiger partial charge in [-0.1, -0.05) is 25.7 Å². The first kappa shape index (κ1) is 32.3. The van der Waals surface area contributed by atoms with Crippen molar-refractivity contribution in [1.82, 2.24) is 19.4 Å². The Morgan fingerprint density at radius 2 is 1.96 bits per heavy atom. The summed E-state index contributed by atoms with van der Waals surface area (Å²) < 4.78 is 26.6. The predicted molar refractivity (Wildman–Crippen MR) is 176 cm³/mol. The van der Waals surface area contributed by atoms with E-state index in [0.29, 0.717) is 70.2 Å². The van der Waals surface area contributed by atoms with Crippen LogP contribution in [0.15, 0.2) is 36.7 Å². The number of carbonyl (C=O) groups excluding carboxylic acids is 1. The van der Waals surface area contributed by atoms with Crippen molar-refractivity contribution >= 4 is 30.6 Å². The summed E-state index contributed by atoms with van der Waals surface area (Å²) in [7, 11) is -1.25. The second-order valence-electron chi connectivity index (χ2n) is 13.5. The highest BCUT2D eigenvalue weighted by Gasteiger charge is 2.38. The van der Waals surface area contributed by atoms with Crippen molar-refractivity contribution in [1.29, 1.82) is 5.26 Å². The van der Waals surface area contributed by atoms with Gasteiger partial charge in [-0.25, -0.2) is 9.97 Å². The van der Waals surface area contributed by atoms with E-state index in [9.17, 15) is 10.1 Å². The predicted octanol–water partition coefficient (Wildman–Crippen LogP) is 4.95. The second-order valence-corrected chi connectivity index (χ2v) is 19.1. The van der Waals surface area contributed by atoms with Gasteiger partial charge in [0, 0.05) is 70.1 Å². The van der Waals surface area contributed by atoms with Crippen molar-refractivity contribution in [3.05, 3.63) is 47.9 Å². The highest BCUT2D eigenvalue weighted by atomic mass is 28.3. The Labute approximate surface area is 270 Å². The molecule has 2 aromatic heterocycles. The van der Waals surface area contributed by atoms with Gasteiger partial charge < -0.3 is 33.5 Å². The number of allylic oxidation sites excluding steroid dienone is 1. The van der Waals surface area contributed by atoms with Crippen LogP contribution in [0.1, 0.15) is 43.4 Å². The van der Waals surface area contributed by atoms with Crippen LogP contribution in [0, 0.1) is 11.3 Å². The molecule has 2 fully saturated rings. The zero-order valence-electron chi connectivity index (χ0n) is 27.0. The van der Waals surface area contributed by atoms with Crippen molar-refractivity contribution in [3.8, 4) is 23.1 Å². The molecule has 11 nitrogen and oxygen atoms in total. The lowest BCUT2D eigenvalue weighted by Gasteiger charge is -2.32. The number of aromatic nitrogens is 3. The van der Waals surface area contributed by atoms with Gasteiger partial charge in [-0.05, 0) is 42.3 Å². The largest absolute Gasteiger partial charge is 0.489 e. The minimum Gasteiger partial charge on any atom is -0.489 e. The minimum absolute atomic E-state index is 0.119. The summed E-state index contributed by atoms with van der Waals surface area (Å²) in [6, 6.07) is 11.1. The number of amides is 1. The van der Waals surface area contributed by atoms with E-state index in [2.05, 4.69) is 47.4 Å². The Kier molecular flexibility index (Phi) is 9.58. The van der Waals surface area contributed by atoms with Crippen molar-refractivity contribution < 1.29 is 28.8 Å². The molecule has 4 heterocycles. The summed E-state index contributed by atoms with van der Waals surface area (Å²) in [6.45, 7) is 9.92. The number of hydrogen-bond acceptors (Lipinski definition) is 9. The number of rotatable bonds is 10. The SMILES string of the molecule is C[Si](C)(C)CCOCn1c(C2=CCC3(CC2)OCCO3)cc2c(-c3ccc(OC4CCN(C(=O)CO)CC4)c(C#N)c3)ncnc21. The average Bonchev–Trinajstić information content (AvgIpc) is 3.68. The Bertz CT molecular complexity index is 1640. The molecule has 244 valence electrons. The van der Waals surface area contributed by atoms with Crippen LogP contribution in [0.5, 0.6) is 5.75 Å². The second kappa shape index (κ2) is 13.6. The number of piperidine rings is 1. The third kappa shape index (κ3) is 7.04. The topological polar surface area (TPSA) is 132 Å². The summed E-state index contributed by atoms with van der Waals surface area (Å²) in [5.74, 6) is -0.271. The zero-order chi connectivity index (χ0) is 32.3. The van der Waals surface area contributed by atoms with Crippen LogP contribution >= 0.6 is 0 Å². The normalized spacial score (nSPS) is 18.6. The van der Waals surface area contributed by atoms with Crippen LogP contribution in [0.25, 0.3) is 27.9 Å². The molecule has 0 bridgehead atoms. The average molecular weight is 646 g/mol. The summed E-state index contributed by atoms with van der Waals surface area (Å²) in [5, 5.41) is 20.1. The van der Waals surface area contributed by atoms with Gasteiger partial charge in [0.25, 0.3) is 0 Å². The molecule has 0 unspecified atom stereocenters. The number of aliphatic hydroxyl groups excluding tert-OH is 1. The Balaban J connectivity index is 1.28. The minimum atomic E-state index is -1.25. The number of hydrogen-bond donors (Lipinski definition) is 1. The molecule has 1 N–H and O–H groups in total. The fourth-order valence-corrected chi connectivity index (χ4v) is 7.15. The maximum absolute atomic E-state index is 11.8. The molecule has 0 atom stereocenters. The Hall–Kier alpha value is -3.60. The van der Waals surface area contributed by atoms with Gasteiger partial charge in [0.15, 0.2) is 5.79 Å². The molecule has 46 heavy (non-hydrogen) atoms. The molecule has 0 saturated carbocycles. The van der Waals surface area contributed by atoms with Crippen LogP contribution in [0.4, 0.5) is 0 Å². The van der Waals surface area contributed by atoms with Crippen molar-refractivity contribution in [2.24, 2.45) is 0 Å². The first-order valence-electron chi connectivity index (χ1n) is 16.2. The van der Waals surface area contributed by atoms with Gasteiger partial charge in [-0.15, -0.1) is 0 Å². The van der Waals surface area contributed by atoms with Crippen molar-refractivity contribution in [3.63, 3.8) is 0 Å². The van der Waals surface area contributed by atoms with Gasteiger partial charge in [-0.3, -0.25) is 4.79 Å². The molecule has 1 amide bonds. The van der Waals surface area contributed by atoms with E-state index in [0.717, 1.165) is 46.9 Å². The van der Waals surface area contributed by atoms with E-state index in [-0.39, 0.29) is 12.0 Å². The number of aliphatic hydroxyl groups is 1. The number of ether oxygens (including phenoxy) is 4. The Morgan fingerprint density at radius 3 is 2.63 bits per heavy atom. The first-order valence-corrected chi connectivity index (χ1v) is 19.9. The summed E-state index contributed by atoms with van der Waals surface area (Å²) in [5.41, 5.74) is 4.99. The number of likely N-dealkylation sites (tertiary alicyclic amines) is 1. The summed E-state index contributed by atoms with van der Waals surface area (Å²) in [6.07, 6.45) is 7.24. The maximum atomic E-state index is 11.8. The summed E-state index contributed by atoms with van der Waals surface area (Å²) in [4.78, 5) is 22.9. The molecule has 6 rings (SSSR count). The van der Waals surface area contributed by atoms with E-state index < -0.39 is 20.5 Å². The number of fused-ring (bicyclic) bond motifs is 1. The van der Waals surface area contributed by atoms with Crippen molar-refractivity contribution in [2.75, 3.05) is 39.5 Å². The van der Waals surface area contributed by atoms with Crippen LogP contribution in [0.3, 0.4) is 0 Å². The number of carbonyl (C=O) groups is 1. The zero-order valence-corrected chi connectivity index (χ0v) is 28.0. The monoisotopic (exact) mass is 645 g/mol. The van der Waals surface area contributed by atoms with E-state index >= 15 is 0 Å². The molecular formula is C34H43N5O6Si. The molecule has 1 aliphatic carbocycles. The van der Waals surface area contributed by atoms with Gasteiger partial charge in [0.05, 0.1) is 24.5 Å². The number of benzene rings is 1. The molecule has 1 spiro atoms. The molecule has 1 aromatic carbocycles. The highest BCUT2D eigenvalue weighted by molar-refractivity contribution is 6.76. The molecule has 12 heteroatoms. The highest BCUT2D eigenvalue weighted by Crippen LogP contribution is 2.40. The standard InChI is InChI=1S/C34H43N5O6Si/c1-46(2,3)17-16-42-23-39-29(24-6-10-34(11-7-24)43-14-15-44-34)19-28-32(36-22-37-33(28)39)25-4-5-30(26(18-25)20-35)45-27-8-12-38(13-9-27)31(41)21-40/h4-6,18-19,22,27,40H,7-17,21,23H2,1-3H3. The van der Waals surface area contributed by atoms with Crippen molar-refractivity contribution in [2.45, 2.75) is 76.4 Å². The maximum Gasteiger partial charge on any atom is 0.248 e. The molecule has 2 saturated heterocycles. The van der Waals surface area contributed by atoms with E-state index in [1.165, 1.54) is 5.57 Å². The molecule has 3 aliphatic rings. The fraction of sp³-hybridized carbons (Fsp3) is 0.529. The van der Waals surface area contributed by atoms with E-state index in [1.54, 1.807) is 11.2 Å². The summed E-state index contributed by atoms with van der Waals surface area (Å²) >= 11 is 0. The third-order valence-electron chi connectivity index (χ3n) is 9.08. The smallest absolute Gasteiger partial charge is 0.248 e. The first-order chi connectivity index (χ1) is 22.2. The molecular weight excluding hydrogens is 602 g/mol. The quantitative estimate of drug-likeness (QED) is 0.240. The lowest BCUT2D eigenvalue weighted by Crippen LogP contribution is -2.42. The molecule has 2 aliphatic heterocycles. The van der Waals surface area contributed by atoms with Gasteiger partial charge >= 0.3 is 0 Å². The molecule has 0 radical (unpaired) electrons.